The minimum Gasteiger partial charge on any atom is -0.481 e. The van der Waals surface area contributed by atoms with Crippen molar-refractivity contribution in [3.63, 3.8) is 0 Å². The topological polar surface area (TPSA) is 91.7 Å². The zero-order valence-corrected chi connectivity index (χ0v) is 14.6. The molecular weight excluding hydrogens is 280 g/mol. The maximum atomic E-state index is 10.2. The van der Waals surface area contributed by atoms with Crippen LogP contribution in [0.4, 0.5) is 0 Å². The number of carbonyl (C=O) groups is 1. The fourth-order valence-corrected chi connectivity index (χ4v) is 1.94. The third-order valence-electron chi connectivity index (χ3n) is 1.90. The van der Waals surface area contributed by atoms with E-state index in [1.54, 1.807) is 0 Å². The number of rotatable bonds is 6. The lowest BCUT2D eigenvalue weighted by molar-refractivity contribution is -0.137. The van der Waals surface area contributed by atoms with Crippen molar-refractivity contribution in [2.45, 2.75) is 72.3 Å². The SMILES string of the molecule is CCCC(=O)O.CCCC(C)(C)O.CCCS(C)(=O)=O. The van der Waals surface area contributed by atoms with Gasteiger partial charge in [0.2, 0.25) is 0 Å². The third kappa shape index (κ3) is 43.3. The van der Waals surface area contributed by atoms with Gasteiger partial charge in [-0.2, -0.15) is 0 Å². The molecular formula is C14H32O5S. The first kappa shape index (κ1) is 24.4. The number of hydrogen-bond donors (Lipinski definition) is 2. The van der Waals surface area contributed by atoms with Crippen LogP contribution in [0, 0.1) is 0 Å². The first-order chi connectivity index (χ1) is 8.89. The van der Waals surface area contributed by atoms with Crippen LogP contribution in [0.1, 0.15) is 66.7 Å². The Hall–Kier alpha value is -0.620. The molecule has 2 N–H and O–H groups in total. The highest BCUT2D eigenvalue weighted by Gasteiger charge is 2.08. The van der Waals surface area contributed by atoms with Gasteiger partial charge < -0.3 is 10.2 Å². The molecule has 0 rings (SSSR count). The van der Waals surface area contributed by atoms with Crippen molar-refractivity contribution in [2.75, 3.05) is 12.0 Å². The lowest BCUT2D eigenvalue weighted by Crippen LogP contribution is -2.16. The minimum atomic E-state index is -2.67. The van der Waals surface area contributed by atoms with Crippen LogP contribution in [0.2, 0.25) is 0 Å². The fraction of sp³-hybridized carbons (Fsp3) is 0.929. The first-order valence-corrected chi connectivity index (χ1v) is 9.07. The number of hydrogen-bond acceptors (Lipinski definition) is 4. The highest BCUT2D eigenvalue weighted by Crippen LogP contribution is 2.08. The molecule has 0 unspecified atom stereocenters. The summed E-state index contributed by atoms with van der Waals surface area (Å²) in [6.45, 7) is 9.42. The van der Waals surface area contributed by atoms with E-state index in [2.05, 4.69) is 6.92 Å². The molecule has 124 valence electrons. The molecule has 0 aliphatic heterocycles. The van der Waals surface area contributed by atoms with E-state index in [0.717, 1.165) is 25.7 Å². The molecule has 0 amide bonds. The van der Waals surface area contributed by atoms with Crippen LogP contribution < -0.4 is 0 Å². The van der Waals surface area contributed by atoms with Crippen molar-refractivity contribution in [3.8, 4) is 0 Å². The summed E-state index contributed by atoms with van der Waals surface area (Å²) in [5.74, 6) is -0.398. The number of aliphatic hydroxyl groups is 1. The van der Waals surface area contributed by atoms with E-state index in [9.17, 15) is 13.2 Å². The fourth-order valence-electron chi connectivity index (χ4n) is 1.20. The van der Waals surface area contributed by atoms with Gasteiger partial charge in [0.25, 0.3) is 0 Å². The molecule has 0 radical (unpaired) electrons. The average Bonchev–Trinajstić information content (AvgIpc) is 2.14. The maximum absolute atomic E-state index is 10.2. The van der Waals surface area contributed by atoms with Crippen molar-refractivity contribution < 1.29 is 23.4 Å². The van der Waals surface area contributed by atoms with Gasteiger partial charge in [0.15, 0.2) is 0 Å². The van der Waals surface area contributed by atoms with Gasteiger partial charge in [-0.05, 0) is 33.1 Å². The Kier molecular flexibility index (Phi) is 16.3. The van der Waals surface area contributed by atoms with Crippen LogP contribution in [0.15, 0.2) is 0 Å². The van der Waals surface area contributed by atoms with Gasteiger partial charge in [0.05, 0.1) is 5.60 Å². The zero-order valence-electron chi connectivity index (χ0n) is 13.8. The molecule has 5 nitrogen and oxygen atoms in total. The third-order valence-corrected chi connectivity index (χ3v) is 3.05. The molecule has 0 aliphatic carbocycles. The largest absolute Gasteiger partial charge is 0.481 e. The highest BCUT2D eigenvalue weighted by molar-refractivity contribution is 7.90. The molecule has 6 heteroatoms. The Balaban J connectivity index is -0.000000218. The Bertz CT molecular complexity index is 315. The number of aliphatic carboxylic acids is 1. The summed E-state index contributed by atoms with van der Waals surface area (Å²) >= 11 is 0. The highest BCUT2D eigenvalue weighted by atomic mass is 32.2. The van der Waals surface area contributed by atoms with Crippen LogP contribution in [0.3, 0.4) is 0 Å². The molecule has 0 fully saturated rings. The summed E-state index contributed by atoms with van der Waals surface area (Å²) in [5, 5.41) is 16.9. The number of carboxylic acids is 1. The second-order valence-electron chi connectivity index (χ2n) is 5.34. The van der Waals surface area contributed by atoms with Gasteiger partial charge in [-0.15, -0.1) is 0 Å². The van der Waals surface area contributed by atoms with E-state index in [1.807, 2.05) is 27.7 Å². The van der Waals surface area contributed by atoms with Gasteiger partial charge in [-0.1, -0.05) is 27.2 Å². The van der Waals surface area contributed by atoms with E-state index >= 15 is 0 Å². The molecule has 0 saturated carbocycles. The van der Waals surface area contributed by atoms with Crippen molar-refractivity contribution in [3.05, 3.63) is 0 Å². The molecule has 0 saturated heterocycles. The standard InChI is InChI=1S/C6H14O.C4H10O2S.C4H8O2/c1-4-5-6(2,3)7;1-3-4-7(2,5)6;1-2-3-4(5)6/h7H,4-5H2,1-3H3;3-4H2,1-2H3;2-3H2,1H3,(H,5,6). The summed E-state index contributed by atoms with van der Waals surface area (Å²) in [5.41, 5.74) is -0.450. The van der Waals surface area contributed by atoms with Crippen molar-refractivity contribution >= 4 is 15.8 Å². The molecule has 0 aromatic carbocycles. The molecule has 0 aromatic heterocycles. The number of carboxylic acid groups (broad SMARTS) is 1. The Morgan fingerprint density at radius 3 is 1.50 bits per heavy atom. The van der Waals surface area contributed by atoms with E-state index in [-0.39, 0.29) is 0 Å². The van der Waals surface area contributed by atoms with Gasteiger partial charge in [-0.3, -0.25) is 4.79 Å². The molecule has 0 spiro atoms. The van der Waals surface area contributed by atoms with Crippen LogP contribution in [-0.2, 0) is 14.6 Å². The van der Waals surface area contributed by atoms with Gasteiger partial charge in [0, 0.05) is 18.4 Å². The average molecular weight is 312 g/mol. The van der Waals surface area contributed by atoms with E-state index in [1.165, 1.54) is 6.26 Å². The van der Waals surface area contributed by atoms with E-state index in [0.29, 0.717) is 12.2 Å². The van der Waals surface area contributed by atoms with Gasteiger partial charge in [0.1, 0.15) is 9.84 Å². The first-order valence-electron chi connectivity index (χ1n) is 7.01. The zero-order chi connectivity index (χ0) is 16.8. The smallest absolute Gasteiger partial charge is 0.303 e. The monoisotopic (exact) mass is 312 g/mol. The molecule has 0 heterocycles. The Labute approximate surface area is 124 Å². The van der Waals surface area contributed by atoms with Crippen molar-refractivity contribution in [2.24, 2.45) is 0 Å². The van der Waals surface area contributed by atoms with Crippen LogP contribution in [0.5, 0.6) is 0 Å². The summed E-state index contributed by atoms with van der Waals surface area (Å²) in [6.07, 6.45) is 4.95. The molecule has 0 aromatic rings. The van der Waals surface area contributed by atoms with E-state index in [4.69, 9.17) is 10.2 Å². The van der Waals surface area contributed by atoms with Crippen molar-refractivity contribution in [1.29, 1.82) is 0 Å². The lowest BCUT2D eigenvalue weighted by Gasteiger charge is -2.14. The molecule has 0 aliphatic rings. The summed E-state index contributed by atoms with van der Waals surface area (Å²) in [6, 6.07) is 0. The molecule has 0 atom stereocenters. The summed E-state index contributed by atoms with van der Waals surface area (Å²) < 4.78 is 20.5. The van der Waals surface area contributed by atoms with Crippen LogP contribution in [-0.4, -0.2) is 42.2 Å². The second-order valence-corrected chi connectivity index (χ2v) is 7.60. The summed E-state index contributed by atoms with van der Waals surface area (Å²) in [7, 11) is -2.67. The predicted molar refractivity (Wildman–Crippen MR) is 83.8 cm³/mol. The maximum Gasteiger partial charge on any atom is 0.303 e. The molecule has 0 bridgehead atoms. The lowest BCUT2D eigenvalue weighted by atomic mass is 10.0. The predicted octanol–water partition coefficient (Wildman–Crippen LogP) is 2.87. The van der Waals surface area contributed by atoms with Gasteiger partial charge >= 0.3 is 5.97 Å². The van der Waals surface area contributed by atoms with Crippen LogP contribution >= 0.6 is 0 Å². The Morgan fingerprint density at radius 1 is 1.05 bits per heavy atom. The second kappa shape index (κ2) is 13.4. The van der Waals surface area contributed by atoms with Gasteiger partial charge in [-0.25, -0.2) is 8.42 Å². The number of sulfone groups is 1. The van der Waals surface area contributed by atoms with E-state index < -0.39 is 21.4 Å². The van der Waals surface area contributed by atoms with Crippen LogP contribution in [0.25, 0.3) is 0 Å². The van der Waals surface area contributed by atoms with Crippen molar-refractivity contribution in [1.82, 2.24) is 0 Å². The Morgan fingerprint density at radius 2 is 1.50 bits per heavy atom. The summed E-state index contributed by atoms with van der Waals surface area (Å²) in [4.78, 5) is 9.60. The normalized spacial score (nSPS) is 10.8. The quantitative estimate of drug-likeness (QED) is 0.787. The molecule has 20 heavy (non-hydrogen) atoms. The minimum absolute atomic E-state index is 0.292.